The molecule has 0 saturated carbocycles. The highest BCUT2D eigenvalue weighted by atomic mass is 19.1. The Morgan fingerprint density at radius 2 is 1.90 bits per heavy atom. The molecule has 1 fully saturated rings. The predicted octanol–water partition coefficient (Wildman–Crippen LogP) is 5.42. The second-order valence-corrected chi connectivity index (χ2v) is 10.7. The number of halogens is 2. The highest BCUT2D eigenvalue weighted by Crippen LogP contribution is 2.30. The fourth-order valence-electron chi connectivity index (χ4n) is 5.72. The lowest BCUT2D eigenvalue weighted by Gasteiger charge is -2.42. The minimum absolute atomic E-state index is 0.0611. The molecule has 7 nitrogen and oxygen atoms in total. The number of H-pyrrole nitrogens is 1. The van der Waals surface area contributed by atoms with Gasteiger partial charge < -0.3 is 5.32 Å². The summed E-state index contributed by atoms with van der Waals surface area (Å²) in [6, 6.07) is 15.2. The molecule has 0 aliphatic carbocycles. The maximum Gasteiger partial charge on any atom is 0.251 e. The van der Waals surface area contributed by atoms with Crippen LogP contribution in [0.1, 0.15) is 36.2 Å². The number of aryl methyl sites for hydroxylation is 1. The van der Waals surface area contributed by atoms with Crippen LogP contribution in [-0.4, -0.2) is 49.4 Å². The van der Waals surface area contributed by atoms with Crippen LogP contribution in [0.25, 0.3) is 33.1 Å². The molecular formula is C30H30F2N6O. The number of aromatic nitrogens is 4. The molecule has 1 aliphatic rings. The van der Waals surface area contributed by atoms with Crippen LogP contribution in [-0.2, 0) is 13.6 Å². The van der Waals surface area contributed by atoms with Crippen molar-refractivity contribution in [1.29, 1.82) is 0 Å². The van der Waals surface area contributed by atoms with Gasteiger partial charge in [0.2, 0.25) is 0 Å². The van der Waals surface area contributed by atoms with Crippen molar-refractivity contribution in [1.82, 2.24) is 30.2 Å². The molecule has 5 aromatic rings. The Hall–Kier alpha value is -4.11. The molecular weight excluding hydrogens is 498 g/mol. The minimum Gasteiger partial charge on any atom is -0.348 e. The number of hydrogen-bond acceptors (Lipinski definition) is 4. The summed E-state index contributed by atoms with van der Waals surface area (Å²) in [4.78, 5) is 15.5. The fourth-order valence-corrected chi connectivity index (χ4v) is 5.72. The van der Waals surface area contributed by atoms with Gasteiger partial charge in [0.1, 0.15) is 11.6 Å². The van der Waals surface area contributed by atoms with Gasteiger partial charge in [0.15, 0.2) is 0 Å². The van der Waals surface area contributed by atoms with E-state index in [1.54, 1.807) is 10.7 Å². The average Bonchev–Trinajstić information content (AvgIpc) is 3.50. The molecule has 0 bridgehead atoms. The maximum atomic E-state index is 14.3. The Balaban J connectivity index is 1.24. The number of amides is 1. The largest absolute Gasteiger partial charge is 0.348 e. The number of nitrogens with one attached hydrogen (secondary N) is 2. The quantitative estimate of drug-likeness (QED) is 0.319. The molecule has 6 rings (SSSR count). The van der Waals surface area contributed by atoms with Gasteiger partial charge in [-0.15, -0.1) is 0 Å². The number of carbonyl (C=O) groups is 1. The number of benzene rings is 3. The van der Waals surface area contributed by atoms with Crippen molar-refractivity contribution in [2.24, 2.45) is 13.0 Å². The van der Waals surface area contributed by atoms with Crippen molar-refractivity contribution in [2.45, 2.75) is 38.9 Å². The van der Waals surface area contributed by atoms with Gasteiger partial charge in [-0.05, 0) is 61.7 Å². The van der Waals surface area contributed by atoms with Crippen LogP contribution in [0.5, 0.6) is 0 Å². The van der Waals surface area contributed by atoms with E-state index in [1.807, 2.05) is 55.4 Å². The van der Waals surface area contributed by atoms with Crippen LogP contribution in [0.3, 0.4) is 0 Å². The molecule has 0 spiro atoms. The first-order valence-corrected chi connectivity index (χ1v) is 13.2. The highest BCUT2D eigenvalue weighted by Gasteiger charge is 2.33. The smallest absolute Gasteiger partial charge is 0.251 e. The molecule has 9 heteroatoms. The molecule has 2 N–H and O–H groups in total. The molecule has 0 radical (unpaired) electrons. The van der Waals surface area contributed by atoms with E-state index in [1.165, 1.54) is 18.2 Å². The van der Waals surface area contributed by atoms with Gasteiger partial charge in [-0.3, -0.25) is 19.5 Å². The van der Waals surface area contributed by atoms with Crippen molar-refractivity contribution in [2.75, 3.05) is 6.54 Å². The number of likely N-dealkylation sites (tertiary alicyclic amines) is 1. The third-order valence-corrected chi connectivity index (χ3v) is 7.82. The Labute approximate surface area is 224 Å². The lowest BCUT2D eigenvalue weighted by molar-refractivity contribution is 0.0683. The van der Waals surface area contributed by atoms with Crippen LogP contribution in [0, 0.1) is 17.6 Å². The van der Waals surface area contributed by atoms with E-state index >= 15 is 0 Å². The van der Waals surface area contributed by atoms with E-state index in [0.29, 0.717) is 12.1 Å². The lowest BCUT2D eigenvalue weighted by Crippen LogP contribution is -2.55. The monoisotopic (exact) mass is 528 g/mol. The van der Waals surface area contributed by atoms with Crippen LogP contribution >= 0.6 is 0 Å². The number of aromatic amines is 1. The molecule has 3 aromatic carbocycles. The summed E-state index contributed by atoms with van der Waals surface area (Å²) in [5, 5.41) is 17.1. The summed E-state index contributed by atoms with van der Waals surface area (Å²) in [6.45, 7) is 4.95. The van der Waals surface area contributed by atoms with E-state index in [2.05, 4.69) is 27.5 Å². The molecule has 1 saturated heterocycles. The summed E-state index contributed by atoms with van der Waals surface area (Å²) < 4.78 is 30.5. The van der Waals surface area contributed by atoms with Crippen LogP contribution in [0.2, 0.25) is 0 Å². The van der Waals surface area contributed by atoms with Crippen LogP contribution in [0.4, 0.5) is 8.78 Å². The Morgan fingerprint density at radius 3 is 2.69 bits per heavy atom. The van der Waals surface area contributed by atoms with Crippen molar-refractivity contribution in [3.63, 3.8) is 0 Å². The van der Waals surface area contributed by atoms with Crippen molar-refractivity contribution >= 4 is 27.7 Å². The summed E-state index contributed by atoms with van der Waals surface area (Å²) in [5.74, 6) is -1.03. The third kappa shape index (κ3) is 4.78. The maximum absolute atomic E-state index is 14.3. The molecule has 1 aliphatic heterocycles. The Bertz CT molecular complexity index is 1670. The first-order valence-electron chi connectivity index (χ1n) is 13.2. The summed E-state index contributed by atoms with van der Waals surface area (Å²) in [7, 11) is 1.89. The average molecular weight is 529 g/mol. The lowest BCUT2D eigenvalue weighted by atomic mass is 9.89. The second-order valence-electron chi connectivity index (χ2n) is 10.7. The normalized spacial score (nSPS) is 20.1. The number of piperidine rings is 1. The van der Waals surface area contributed by atoms with Crippen molar-refractivity contribution < 1.29 is 13.6 Å². The first kappa shape index (κ1) is 25.2. The molecule has 39 heavy (non-hydrogen) atoms. The van der Waals surface area contributed by atoms with E-state index in [9.17, 15) is 13.6 Å². The van der Waals surface area contributed by atoms with Crippen LogP contribution in [0.15, 0.2) is 60.8 Å². The standard InChI is InChI=1S/C30H30F2N6O/c1-17-11-28(18(2)38(14-17)16-23-24(31)5-4-6-25(23)32)33-30(39)20-8-10-27-22(13-20)29(35-34-27)19-7-9-26-21(12-19)15-37(3)36-26/h4-10,12-13,15,17-18,28H,11,14,16H2,1-3H3,(H,33,39)(H,34,35)/t17-,18+,28?/m0/s1. The number of rotatable bonds is 5. The topological polar surface area (TPSA) is 78.8 Å². The molecule has 3 atom stereocenters. The van der Waals surface area contributed by atoms with E-state index in [4.69, 9.17) is 0 Å². The van der Waals surface area contributed by atoms with Gasteiger partial charge in [0.25, 0.3) is 5.91 Å². The molecule has 1 unspecified atom stereocenters. The molecule has 2 aromatic heterocycles. The highest BCUT2D eigenvalue weighted by molar-refractivity contribution is 6.02. The van der Waals surface area contributed by atoms with Crippen molar-refractivity contribution in [3.05, 3.63) is 83.6 Å². The Morgan fingerprint density at radius 1 is 1.10 bits per heavy atom. The summed E-state index contributed by atoms with van der Waals surface area (Å²) in [6.07, 6.45) is 2.75. The SMILES string of the molecule is C[C@H]1CC(NC(=O)c2ccc3[nH]nc(-c4ccc5nn(C)cc5c4)c3c2)[C@@H](C)N(Cc2c(F)cccc2F)C1. The van der Waals surface area contributed by atoms with E-state index in [-0.39, 0.29) is 36.0 Å². The number of hydrogen-bond donors (Lipinski definition) is 2. The van der Waals surface area contributed by atoms with Gasteiger partial charge in [0.05, 0.1) is 16.7 Å². The van der Waals surface area contributed by atoms with Crippen molar-refractivity contribution in [3.8, 4) is 11.3 Å². The van der Waals surface area contributed by atoms with Gasteiger partial charge >= 0.3 is 0 Å². The third-order valence-electron chi connectivity index (χ3n) is 7.82. The zero-order valence-corrected chi connectivity index (χ0v) is 22.1. The Kier molecular flexibility index (Phi) is 6.38. The predicted molar refractivity (Wildman–Crippen MR) is 147 cm³/mol. The second kappa shape index (κ2) is 9.89. The molecule has 1 amide bonds. The van der Waals surface area contributed by atoms with Gasteiger partial charge in [-0.2, -0.15) is 10.2 Å². The summed E-state index contributed by atoms with van der Waals surface area (Å²) >= 11 is 0. The number of carbonyl (C=O) groups excluding carboxylic acids is 1. The first-order chi connectivity index (χ1) is 18.8. The molecule has 3 heterocycles. The fraction of sp³-hybridized carbons (Fsp3) is 0.300. The van der Waals surface area contributed by atoms with Gasteiger partial charge in [-0.25, -0.2) is 8.78 Å². The number of nitrogens with zero attached hydrogens (tertiary/aromatic N) is 4. The van der Waals surface area contributed by atoms with Gasteiger partial charge in [-0.1, -0.05) is 19.1 Å². The van der Waals surface area contributed by atoms with E-state index < -0.39 is 11.6 Å². The van der Waals surface area contributed by atoms with Crippen LogP contribution < -0.4 is 5.32 Å². The minimum atomic E-state index is -0.548. The molecule has 200 valence electrons. The summed E-state index contributed by atoms with van der Waals surface area (Å²) in [5.41, 5.74) is 4.04. The zero-order valence-electron chi connectivity index (χ0n) is 22.1. The number of fused-ring (bicyclic) bond motifs is 2. The van der Waals surface area contributed by atoms with Gasteiger partial charge in [0, 0.05) is 65.9 Å². The zero-order chi connectivity index (χ0) is 27.3. The van der Waals surface area contributed by atoms with E-state index in [0.717, 1.165) is 39.5 Å².